The molecule has 0 bridgehead atoms. The van der Waals surface area contributed by atoms with E-state index in [0.29, 0.717) is 0 Å². The fourth-order valence-electron chi connectivity index (χ4n) is 2.79. The molecular formula is C16H24BF3O5. The van der Waals surface area contributed by atoms with E-state index in [0.717, 1.165) is 6.92 Å². The summed E-state index contributed by atoms with van der Waals surface area (Å²) < 4.78 is 62.5. The standard InChI is InChI=1S/C16H24BF3O5/c1-8-22-12(21)11-10(9(2)15(7,23-11)16(18,19)20)17-24-13(3,4)14(5,6)25-17/h9H,8H2,1-7H3/t9-,15-/m0/s1. The molecule has 0 N–H and O–H groups in total. The summed E-state index contributed by atoms with van der Waals surface area (Å²) in [7, 11) is -1.12. The van der Waals surface area contributed by atoms with E-state index in [4.69, 9.17) is 18.8 Å². The molecule has 1 fully saturated rings. The van der Waals surface area contributed by atoms with Crippen LogP contribution in [0.1, 0.15) is 48.5 Å². The molecule has 0 aromatic carbocycles. The van der Waals surface area contributed by atoms with Crippen molar-refractivity contribution in [3.8, 4) is 0 Å². The molecule has 2 aliphatic rings. The second-order valence-corrected chi connectivity index (χ2v) is 7.52. The Hall–Kier alpha value is -1.22. The van der Waals surface area contributed by atoms with Gasteiger partial charge in [-0.3, -0.25) is 0 Å². The van der Waals surface area contributed by atoms with Crippen LogP contribution in [0.4, 0.5) is 13.2 Å². The number of esters is 1. The van der Waals surface area contributed by atoms with E-state index in [1.807, 2.05) is 0 Å². The maximum atomic E-state index is 13.6. The highest BCUT2D eigenvalue weighted by molar-refractivity contribution is 6.55. The van der Waals surface area contributed by atoms with E-state index in [-0.39, 0.29) is 12.1 Å². The van der Waals surface area contributed by atoms with Crippen molar-refractivity contribution in [2.24, 2.45) is 5.92 Å². The lowest BCUT2D eigenvalue weighted by Crippen LogP contribution is -2.48. The molecule has 2 atom stereocenters. The van der Waals surface area contributed by atoms with Gasteiger partial charge in [-0.05, 0) is 41.5 Å². The van der Waals surface area contributed by atoms with Gasteiger partial charge in [-0.25, -0.2) is 4.79 Å². The van der Waals surface area contributed by atoms with Crippen molar-refractivity contribution in [3.05, 3.63) is 11.2 Å². The summed E-state index contributed by atoms with van der Waals surface area (Å²) in [6, 6.07) is 0. The molecule has 0 aromatic rings. The summed E-state index contributed by atoms with van der Waals surface area (Å²) >= 11 is 0. The lowest BCUT2D eigenvalue weighted by molar-refractivity contribution is -0.263. The van der Waals surface area contributed by atoms with Crippen molar-refractivity contribution < 1.29 is 36.7 Å². The molecule has 2 heterocycles. The zero-order valence-electron chi connectivity index (χ0n) is 15.5. The van der Waals surface area contributed by atoms with Gasteiger partial charge >= 0.3 is 19.3 Å². The minimum atomic E-state index is -4.68. The van der Waals surface area contributed by atoms with Crippen LogP contribution in [0.15, 0.2) is 11.2 Å². The summed E-state index contributed by atoms with van der Waals surface area (Å²) in [5.41, 5.74) is -4.06. The van der Waals surface area contributed by atoms with Gasteiger partial charge in [0.1, 0.15) is 0 Å². The van der Waals surface area contributed by atoms with Gasteiger partial charge in [0.15, 0.2) is 0 Å². The van der Waals surface area contributed by atoms with Crippen LogP contribution in [0.3, 0.4) is 0 Å². The summed E-state index contributed by atoms with van der Waals surface area (Å²) in [6.45, 7) is 11.0. The quantitative estimate of drug-likeness (QED) is 0.567. The molecule has 2 aliphatic heterocycles. The first-order chi connectivity index (χ1) is 11.2. The molecular weight excluding hydrogens is 340 g/mol. The molecule has 0 amide bonds. The molecule has 2 rings (SSSR count). The summed E-state index contributed by atoms with van der Waals surface area (Å²) in [5, 5.41) is 0. The Morgan fingerprint density at radius 3 is 2.04 bits per heavy atom. The minimum absolute atomic E-state index is 0.0133. The van der Waals surface area contributed by atoms with E-state index >= 15 is 0 Å². The molecule has 142 valence electrons. The smallest absolute Gasteiger partial charge is 0.471 e. The van der Waals surface area contributed by atoms with Crippen molar-refractivity contribution in [1.82, 2.24) is 0 Å². The zero-order chi connectivity index (χ0) is 19.4. The Labute approximate surface area is 146 Å². The Bertz CT molecular complexity index is 583. The number of hydrogen-bond donors (Lipinski definition) is 0. The van der Waals surface area contributed by atoms with Crippen LogP contribution >= 0.6 is 0 Å². The number of rotatable bonds is 3. The van der Waals surface area contributed by atoms with Crippen LogP contribution < -0.4 is 0 Å². The van der Waals surface area contributed by atoms with E-state index in [1.54, 1.807) is 34.6 Å². The molecule has 0 aromatic heterocycles. The first-order valence-corrected chi connectivity index (χ1v) is 8.20. The highest BCUT2D eigenvalue weighted by Crippen LogP contribution is 2.52. The van der Waals surface area contributed by atoms with Crippen molar-refractivity contribution in [3.63, 3.8) is 0 Å². The molecule has 0 spiro atoms. The summed E-state index contributed by atoms with van der Waals surface area (Å²) in [5.74, 6) is -2.61. The average molecular weight is 364 g/mol. The topological polar surface area (TPSA) is 54.0 Å². The molecule has 9 heteroatoms. The van der Waals surface area contributed by atoms with E-state index in [9.17, 15) is 18.0 Å². The van der Waals surface area contributed by atoms with Gasteiger partial charge in [0.25, 0.3) is 0 Å². The Balaban J connectivity index is 2.49. The number of carbonyl (C=O) groups excluding carboxylic acids is 1. The van der Waals surface area contributed by atoms with Crippen molar-refractivity contribution >= 4 is 13.1 Å². The Morgan fingerprint density at radius 1 is 1.16 bits per heavy atom. The largest absolute Gasteiger partial charge is 0.495 e. The highest BCUT2D eigenvalue weighted by Gasteiger charge is 2.66. The zero-order valence-corrected chi connectivity index (χ0v) is 15.5. The molecule has 0 saturated carbocycles. The van der Waals surface area contributed by atoms with Gasteiger partial charge in [0.2, 0.25) is 11.4 Å². The fourth-order valence-corrected chi connectivity index (χ4v) is 2.79. The molecule has 0 radical (unpaired) electrons. The highest BCUT2D eigenvalue weighted by atomic mass is 19.4. The summed E-state index contributed by atoms with van der Waals surface area (Å²) in [6.07, 6.45) is -4.68. The van der Waals surface area contributed by atoms with Crippen molar-refractivity contribution in [2.75, 3.05) is 6.61 Å². The van der Waals surface area contributed by atoms with Crippen LogP contribution in [0.2, 0.25) is 0 Å². The Morgan fingerprint density at radius 2 is 1.64 bits per heavy atom. The van der Waals surface area contributed by atoms with Crippen LogP contribution in [-0.4, -0.2) is 42.7 Å². The first kappa shape index (κ1) is 20.1. The maximum Gasteiger partial charge on any atom is 0.495 e. The normalized spacial score (nSPS) is 31.3. The van der Waals surface area contributed by atoms with Crippen LogP contribution in [-0.2, 0) is 23.6 Å². The SMILES string of the molecule is CCOC(=O)C1=C(B2OC(C)(C)C(C)(C)O2)[C@H](C)[C@@](C)(C(F)(F)F)O1. The van der Waals surface area contributed by atoms with Crippen LogP contribution in [0, 0.1) is 5.92 Å². The predicted molar refractivity (Wildman–Crippen MR) is 84.5 cm³/mol. The molecule has 5 nitrogen and oxygen atoms in total. The van der Waals surface area contributed by atoms with Crippen LogP contribution in [0.5, 0.6) is 0 Å². The number of alkyl halides is 3. The lowest BCUT2D eigenvalue weighted by atomic mass is 9.67. The molecule has 0 unspecified atom stereocenters. The number of ether oxygens (including phenoxy) is 2. The van der Waals surface area contributed by atoms with Gasteiger partial charge in [-0.1, -0.05) is 6.92 Å². The number of halogens is 3. The van der Waals surface area contributed by atoms with Crippen LogP contribution in [0.25, 0.3) is 0 Å². The van der Waals surface area contributed by atoms with E-state index < -0.39 is 47.7 Å². The minimum Gasteiger partial charge on any atom is -0.471 e. The van der Waals surface area contributed by atoms with Crippen molar-refractivity contribution in [1.29, 1.82) is 0 Å². The first-order valence-electron chi connectivity index (χ1n) is 8.20. The van der Waals surface area contributed by atoms with Gasteiger partial charge in [0.05, 0.1) is 17.8 Å². The second-order valence-electron chi connectivity index (χ2n) is 7.52. The lowest BCUT2D eigenvalue weighted by Gasteiger charge is -2.32. The summed E-state index contributed by atoms with van der Waals surface area (Å²) in [4.78, 5) is 12.2. The second kappa shape index (κ2) is 5.91. The molecule has 0 aliphatic carbocycles. The fraction of sp³-hybridized carbons (Fsp3) is 0.812. The Kier molecular flexibility index (Phi) is 4.75. The van der Waals surface area contributed by atoms with Gasteiger partial charge in [-0.2, -0.15) is 13.2 Å². The monoisotopic (exact) mass is 364 g/mol. The van der Waals surface area contributed by atoms with Crippen molar-refractivity contribution in [2.45, 2.75) is 71.4 Å². The average Bonchev–Trinajstić information content (AvgIpc) is 2.82. The molecule has 25 heavy (non-hydrogen) atoms. The number of carbonyl (C=O) groups is 1. The van der Waals surface area contributed by atoms with E-state index in [2.05, 4.69) is 0 Å². The third-order valence-corrected chi connectivity index (χ3v) is 5.40. The van der Waals surface area contributed by atoms with Gasteiger partial charge < -0.3 is 18.8 Å². The molecule has 1 saturated heterocycles. The third-order valence-electron chi connectivity index (χ3n) is 5.40. The predicted octanol–water partition coefficient (Wildman–Crippen LogP) is 3.42. The number of hydrogen-bond acceptors (Lipinski definition) is 5. The van der Waals surface area contributed by atoms with Gasteiger partial charge in [0, 0.05) is 11.4 Å². The maximum absolute atomic E-state index is 13.6. The third kappa shape index (κ3) is 3.05. The van der Waals surface area contributed by atoms with E-state index in [1.165, 1.54) is 6.92 Å². The van der Waals surface area contributed by atoms with Gasteiger partial charge in [-0.15, -0.1) is 0 Å².